The lowest BCUT2D eigenvalue weighted by atomic mass is 9.80. The molecule has 1 aromatic carbocycles. The molecule has 0 saturated heterocycles. The van der Waals surface area contributed by atoms with Gasteiger partial charge in [0.2, 0.25) is 11.8 Å². The number of aromatic nitrogens is 1. The smallest absolute Gasteiger partial charge is 0.224 e. The second-order valence-corrected chi connectivity index (χ2v) is 7.49. The highest BCUT2D eigenvalue weighted by molar-refractivity contribution is 5.94. The zero-order valence-corrected chi connectivity index (χ0v) is 15.8. The van der Waals surface area contributed by atoms with Crippen LogP contribution in [0.2, 0.25) is 0 Å². The summed E-state index contributed by atoms with van der Waals surface area (Å²) in [5.74, 6) is 0.865. The van der Waals surface area contributed by atoms with Crippen molar-refractivity contribution >= 4 is 17.3 Å². The molecular formula is C21H24FN3O2. The third kappa shape index (κ3) is 3.24. The first-order chi connectivity index (χ1) is 13.0. The molecule has 1 fully saturated rings. The van der Waals surface area contributed by atoms with Gasteiger partial charge in [0, 0.05) is 48.1 Å². The van der Waals surface area contributed by atoms with Crippen LogP contribution in [-0.2, 0) is 4.79 Å². The van der Waals surface area contributed by atoms with Gasteiger partial charge in [-0.3, -0.25) is 4.79 Å². The normalized spacial score (nSPS) is 24.3. The van der Waals surface area contributed by atoms with E-state index in [0.29, 0.717) is 11.8 Å². The topological polar surface area (TPSA) is 54.5 Å². The van der Waals surface area contributed by atoms with Crippen LogP contribution in [0.25, 0.3) is 0 Å². The first kappa shape index (κ1) is 17.8. The van der Waals surface area contributed by atoms with Gasteiger partial charge < -0.3 is 15.0 Å². The van der Waals surface area contributed by atoms with E-state index in [1.807, 2.05) is 17.0 Å². The Balaban J connectivity index is 1.78. The van der Waals surface area contributed by atoms with Gasteiger partial charge in [-0.25, -0.2) is 9.37 Å². The van der Waals surface area contributed by atoms with Crippen LogP contribution >= 0.6 is 0 Å². The Morgan fingerprint density at radius 3 is 2.74 bits per heavy atom. The van der Waals surface area contributed by atoms with Gasteiger partial charge in [-0.05, 0) is 43.0 Å². The van der Waals surface area contributed by atoms with Gasteiger partial charge in [-0.15, -0.1) is 0 Å². The van der Waals surface area contributed by atoms with Crippen LogP contribution in [-0.4, -0.2) is 24.0 Å². The fraction of sp³-hybridized carbons (Fsp3) is 0.429. The van der Waals surface area contributed by atoms with Crippen molar-refractivity contribution in [1.29, 1.82) is 0 Å². The Bertz CT molecular complexity index is 868. The zero-order chi connectivity index (χ0) is 19.1. The lowest BCUT2D eigenvalue weighted by Crippen LogP contribution is -2.51. The van der Waals surface area contributed by atoms with E-state index >= 15 is 0 Å². The first-order valence-corrected chi connectivity index (χ1v) is 9.35. The Labute approximate surface area is 158 Å². The lowest BCUT2D eigenvalue weighted by Gasteiger charge is -2.46. The molecule has 3 atom stereocenters. The number of benzene rings is 1. The molecule has 2 heterocycles. The maximum absolute atomic E-state index is 14.1. The van der Waals surface area contributed by atoms with Crippen molar-refractivity contribution in [3.8, 4) is 5.88 Å². The maximum atomic E-state index is 14.1. The lowest BCUT2D eigenvalue weighted by molar-refractivity contribution is -0.117. The molecule has 0 bridgehead atoms. The number of hydrogen-bond acceptors (Lipinski definition) is 4. The minimum Gasteiger partial charge on any atom is -0.481 e. The minimum atomic E-state index is -0.298. The van der Waals surface area contributed by atoms with Gasteiger partial charge in [0.05, 0.1) is 13.2 Å². The summed E-state index contributed by atoms with van der Waals surface area (Å²) >= 11 is 0. The molecule has 1 aliphatic heterocycles. The quantitative estimate of drug-likeness (QED) is 0.879. The molecule has 6 heteroatoms. The van der Waals surface area contributed by atoms with Crippen LogP contribution in [0.4, 0.5) is 15.8 Å². The number of amides is 1. The van der Waals surface area contributed by atoms with Crippen LogP contribution in [0.5, 0.6) is 5.88 Å². The number of carbonyl (C=O) groups excluding carboxylic acids is 1. The number of hydrogen-bond donors (Lipinski definition) is 1. The third-order valence-corrected chi connectivity index (χ3v) is 5.66. The van der Waals surface area contributed by atoms with E-state index in [9.17, 15) is 9.18 Å². The number of rotatable bonds is 4. The van der Waals surface area contributed by atoms with Crippen molar-refractivity contribution in [1.82, 2.24) is 4.98 Å². The number of fused-ring (bicyclic) bond motifs is 1. The molecule has 1 aromatic heterocycles. The highest BCUT2D eigenvalue weighted by Crippen LogP contribution is 2.50. The number of halogens is 1. The molecule has 1 amide bonds. The second-order valence-electron chi connectivity index (χ2n) is 7.49. The Morgan fingerprint density at radius 1 is 1.30 bits per heavy atom. The fourth-order valence-corrected chi connectivity index (χ4v) is 4.33. The largest absolute Gasteiger partial charge is 0.481 e. The summed E-state index contributed by atoms with van der Waals surface area (Å²) in [6.07, 6.45) is 3.94. The van der Waals surface area contributed by atoms with Crippen molar-refractivity contribution in [2.24, 2.45) is 11.8 Å². The molecule has 142 valence electrons. The van der Waals surface area contributed by atoms with Crippen molar-refractivity contribution < 1.29 is 13.9 Å². The molecule has 5 nitrogen and oxygen atoms in total. The molecule has 1 N–H and O–H groups in total. The predicted molar refractivity (Wildman–Crippen MR) is 102 cm³/mol. The molecule has 2 aromatic rings. The van der Waals surface area contributed by atoms with Gasteiger partial charge in [0.15, 0.2) is 0 Å². The molecule has 4 rings (SSSR count). The summed E-state index contributed by atoms with van der Waals surface area (Å²) in [5, 5.41) is 3.54. The van der Waals surface area contributed by atoms with Crippen molar-refractivity contribution in [2.75, 3.05) is 17.3 Å². The van der Waals surface area contributed by atoms with Crippen molar-refractivity contribution in [3.63, 3.8) is 0 Å². The van der Waals surface area contributed by atoms with Crippen LogP contribution in [0.15, 0.2) is 36.5 Å². The number of methoxy groups -OCH3 is 1. The summed E-state index contributed by atoms with van der Waals surface area (Å²) in [7, 11) is 1.58. The Morgan fingerprint density at radius 2 is 2.07 bits per heavy atom. The number of pyridine rings is 1. The Hall–Kier alpha value is -2.63. The highest BCUT2D eigenvalue weighted by atomic mass is 19.1. The molecule has 2 aliphatic rings. The van der Waals surface area contributed by atoms with E-state index in [1.54, 1.807) is 32.4 Å². The van der Waals surface area contributed by atoms with Gasteiger partial charge in [0.1, 0.15) is 5.82 Å². The summed E-state index contributed by atoms with van der Waals surface area (Å²) in [5.41, 5.74) is 2.47. The summed E-state index contributed by atoms with van der Waals surface area (Å²) < 4.78 is 19.3. The van der Waals surface area contributed by atoms with E-state index in [-0.39, 0.29) is 29.7 Å². The minimum absolute atomic E-state index is 0.00985. The maximum Gasteiger partial charge on any atom is 0.224 e. The fourth-order valence-electron chi connectivity index (χ4n) is 4.33. The standard InChI is InChI=1S/C21H24FN3O2/c1-12-20(24-16-8-9-23-19(11-16)27-3)17-10-15(22)6-7-18(17)25(13(2)26)21(12)14-4-5-14/h6-12,14,20-21H,4-5H2,1-3H3,(H,23,24)/t12-,20-,21?/m1/s1. The summed E-state index contributed by atoms with van der Waals surface area (Å²) in [6, 6.07) is 8.41. The molecule has 1 aliphatic carbocycles. The van der Waals surface area contributed by atoms with Crippen molar-refractivity contribution in [3.05, 3.63) is 47.9 Å². The number of nitrogens with zero attached hydrogens (tertiary/aromatic N) is 2. The number of nitrogens with one attached hydrogen (secondary N) is 1. The van der Waals surface area contributed by atoms with Gasteiger partial charge in [-0.1, -0.05) is 6.92 Å². The van der Waals surface area contributed by atoms with E-state index < -0.39 is 0 Å². The van der Waals surface area contributed by atoms with E-state index in [4.69, 9.17) is 4.74 Å². The number of ether oxygens (including phenoxy) is 1. The van der Waals surface area contributed by atoms with Gasteiger partial charge >= 0.3 is 0 Å². The van der Waals surface area contributed by atoms with Gasteiger partial charge in [-0.2, -0.15) is 0 Å². The van der Waals surface area contributed by atoms with Crippen molar-refractivity contribution in [2.45, 2.75) is 38.8 Å². The molecule has 1 unspecified atom stereocenters. The van der Waals surface area contributed by atoms with E-state index in [0.717, 1.165) is 29.8 Å². The molecule has 0 radical (unpaired) electrons. The van der Waals surface area contributed by atoms with Gasteiger partial charge in [0.25, 0.3) is 0 Å². The number of carbonyl (C=O) groups is 1. The van der Waals surface area contributed by atoms with Crippen LogP contribution < -0.4 is 15.0 Å². The second kappa shape index (κ2) is 6.83. The molecular weight excluding hydrogens is 345 g/mol. The molecule has 0 spiro atoms. The zero-order valence-electron chi connectivity index (χ0n) is 15.8. The van der Waals surface area contributed by atoms with Crippen LogP contribution in [0.1, 0.15) is 38.3 Å². The molecule has 1 saturated carbocycles. The summed E-state index contributed by atoms with van der Waals surface area (Å²) in [6.45, 7) is 3.74. The summed E-state index contributed by atoms with van der Waals surface area (Å²) in [4.78, 5) is 18.5. The first-order valence-electron chi connectivity index (χ1n) is 9.35. The van der Waals surface area contributed by atoms with Crippen LogP contribution in [0.3, 0.4) is 0 Å². The van der Waals surface area contributed by atoms with E-state index in [2.05, 4.69) is 17.2 Å². The molecule has 27 heavy (non-hydrogen) atoms. The average Bonchev–Trinajstić information content (AvgIpc) is 3.48. The van der Waals surface area contributed by atoms with E-state index in [1.165, 1.54) is 6.07 Å². The highest BCUT2D eigenvalue weighted by Gasteiger charge is 2.47. The monoisotopic (exact) mass is 369 g/mol. The SMILES string of the molecule is COc1cc(N[C@H]2c3cc(F)ccc3N(C(C)=O)C(C3CC3)[C@@H]2C)ccn1. The predicted octanol–water partition coefficient (Wildman–Crippen LogP) is 4.16. The van der Waals surface area contributed by atoms with Crippen LogP contribution in [0, 0.1) is 17.7 Å². The third-order valence-electron chi connectivity index (χ3n) is 5.66. The Kier molecular flexibility index (Phi) is 4.50. The number of anilines is 2. The average molecular weight is 369 g/mol.